The molecule has 0 unspecified atom stereocenters. The van der Waals surface area contributed by atoms with Crippen molar-refractivity contribution >= 4 is 27.5 Å². The van der Waals surface area contributed by atoms with Gasteiger partial charge in [-0.15, -0.1) is 11.3 Å². The Morgan fingerprint density at radius 1 is 1.27 bits per heavy atom. The largest absolute Gasteiger partial charge is 0.335 e. The molecule has 0 saturated carbocycles. The van der Waals surface area contributed by atoms with Crippen molar-refractivity contribution in [2.45, 2.75) is 52.5 Å². The van der Waals surface area contributed by atoms with Crippen LogP contribution in [0.5, 0.6) is 0 Å². The maximum absolute atomic E-state index is 13.2. The third-order valence-electron chi connectivity index (χ3n) is 5.36. The highest BCUT2D eigenvalue weighted by Gasteiger charge is 2.28. The van der Waals surface area contributed by atoms with Crippen LogP contribution in [0, 0.1) is 13.8 Å². The van der Waals surface area contributed by atoms with Crippen molar-refractivity contribution in [3.8, 4) is 5.69 Å². The molecule has 0 aliphatic carbocycles. The third kappa shape index (κ3) is 2.94. The van der Waals surface area contributed by atoms with E-state index in [4.69, 9.17) is 5.10 Å². The van der Waals surface area contributed by atoms with Gasteiger partial charge in [-0.25, -0.2) is 4.68 Å². The second-order valence-electron chi connectivity index (χ2n) is 7.22. The van der Waals surface area contributed by atoms with Crippen molar-refractivity contribution in [3.63, 3.8) is 0 Å². The second kappa shape index (κ2) is 6.88. The number of benzene rings is 1. The molecule has 1 aliphatic heterocycles. The standard InChI is InChI=1S/C21H25N3OS/c1-4-16-9-5-6-11-23(16)20(25)19-13-18-15(3)22-24(21(18)26-19)17-10-7-8-14(2)12-17/h7-8,10,12-13,16H,4-6,9,11H2,1-3H3/t16-/m0/s1. The summed E-state index contributed by atoms with van der Waals surface area (Å²) in [6.45, 7) is 7.17. The van der Waals surface area contributed by atoms with E-state index in [1.54, 1.807) is 11.3 Å². The van der Waals surface area contributed by atoms with Gasteiger partial charge in [-0.2, -0.15) is 5.10 Å². The van der Waals surface area contributed by atoms with E-state index in [1.807, 2.05) is 23.7 Å². The SMILES string of the molecule is CC[C@H]1CCCCN1C(=O)c1cc2c(C)nn(-c3cccc(C)c3)c2s1. The molecule has 0 N–H and O–H groups in total. The van der Waals surface area contributed by atoms with Gasteiger partial charge in [-0.1, -0.05) is 19.1 Å². The Balaban J connectivity index is 1.74. The lowest BCUT2D eigenvalue weighted by Gasteiger charge is -2.35. The number of amides is 1. The highest BCUT2D eigenvalue weighted by atomic mass is 32.1. The van der Waals surface area contributed by atoms with Crippen LogP contribution in [0.4, 0.5) is 0 Å². The summed E-state index contributed by atoms with van der Waals surface area (Å²) < 4.78 is 1.98. The lowest BCUT2D eigenvalue weighted by atomic mass is 10.00. The van der Waals surface area contributed by atoms with Crippen LogP contribution in [0.15, 0.2) is 30.3 Å². The monoisotopic (exact) mass is 367 g/mol. The molecular weight excluding hydrogens is 342 g/mol. The molecule has 1 amide bonds. The number of aryl methyl sites for hydroxylation is 2. The van der Waals surface area contributed by atoms with Crippen LogP contribution in [-0.2, 0) is 0 Å². The van der Waals surface area contributed by atoms with Gasteiger partial charge in [0, 0.05) is 18.0 Å². The first-order valence-electron chi connectivity index (χ1n) is 9.45. The van der Waals surface area contributed by atoms with E-state index in [0.717, 1.165) is 52.3 Å². The first-order chi connectivity index (χ1) is 12.6. The van der Waals surface area contributed by atoms with Gasteiger partial charge < -0.3 is 4.90 Å². The number of likely N-dealkylation sites (tertiary alicyclic amines) is 1. The van der Waals surface area contributed by atoms with Crippen LogP contribution < -0.4 is 0 Å². The van der Waals surface area contributed by atoms with Crippen molar-refractivity contribution in [3.05, 3.63) is 46.5 Å². The van der Waals surface area contributed by atoms with E-state index in [-0.39, 0.29) is 5.91 Å². The van der Waals surface area contributed by atoms with Gasteiger partial charge in [-0.3, -0.25) is 4.79 Å². The smallest absolute Gasteiger partial charge is 0.264 e. The zero-order valence-electron chi connectivity index (χ0n) is 15.7. The quantitative estimate of drug-likeness (QED) is 0.645. The summed E-state index contributed by atoms with van der Waals surface area (Å²) in [6.07, 6.45) is 4.51. The number of aromatic nitrogens is 2. The Kier molecular flexibility index (Phi) is 4.57. The average Bonchev–Trinajstić information content (AvgIpc) is 3.22. The van der Waals surface area contributed by atoms with Gasteiger partial charge in [0.15, 0.2) is 0 Å². The molecule has 4 rings (SSSR count). The Morgan fingerprint density at radius 2 is 2.12 bits per heavy atom. The predicted molar refractivity (Wildman–Crippen MR) is 107 cm³/mol. The first-order valence-corrected chi connectivity index (χ1v) is 10.3. The van der Waals surface area contributed by atoms with Crippen LogP contribution in [0.2, 0.25) is 0 Å². The fourth-order valence-corrected chi connectivity index (χ4v) is 5.06. The molecule has 26 heavy (non-hydrogen) atoms. The van der Waals surface area contributed by atoms with Gasteiger partial charge in [0.05, 0.1) is 16.3 Å². The molecule has 5 heteroatoms. The van der Waals surface area contributed by atoms with Crippen molar-refractivity contribution in [2.75, 3.05) is 6.54 Å². The number of hydrogen-bond donors (Lipinski definition) is 0. The normalized spacial score (nSPS) is 17.8. The maximum atomic E-state index is 13.2. The van der Waals surface area contributed by atoms with E-state index in [2.05, 4.69) is 36.9 Å². The molecule has 2 aromatic heterocycles. The van der Waals surface area contributed by atoms with E-state index in [1.165, 1.54) is 12.0 Å². The van der Waals surface area contributed by atoms with Gasteiger partial charge in [0.2, 0.25) is 0 Å². The van der Waals surface area contributed by atoms with Crippen LogP contribution in [0.25, 0.3) is 15.9 Å². The molecule has 1 atom stereocenters. The minimum absolute atomic E-state index is 0.188. The van der Waals surface area contributed by atoms with Crippen LogP contribution in [0.3, 0.4) is 0 Å². The third-order valence-corrected chi connectivity index (χ3v) is 6.46. The van der Waals surface area contributed by atoms with E-state index in [9.17, 15) is 4.79 Å². The van der Waals surface area contributed by atoms with Gasteiger partial charge in [0.25, 0.3) is 5.91 Å². The van der Waals surface area contributed by atoms with E-state index >= 15 is 0 Å². The fraction of sp³-hybridized carbons (Fsp3) is 0.429. The number of fused-ring (bicyclic) bond motifs is 1. The number of carbonyl (C=O) groups excluding carboxylic acids is 1. The Hall–Kier alpha value is -2.14. The Bertz CT molecular complexity index is 955. The molecule has 0 bridgehead atoms. The first kappa shape index (κ1) is 17.3. The molecule has 0 spiro atoms. The fourth-order valence-electron chi connectivity index (χ4n) is 3.92. The van der Waals surface area contributed by atoms with Crippen molar-refractivity contribution in [1.29, 1.82) is 0 Å². The minimum Gasteiger partial charge on any atom is -0.335 e. The summed E-state index contributed by atoms with van der Waals surface area (Å²) in [5.41, 5.74) is 3.23. The molecule has 1 aliphatic rings. The van der Waals surface area contributed by atoms with Gasteiger partial charge in [0.1, 0.15) is 4.83 Å². The van der Waals surface area contributed by atoms with Gasteiger partial charge >= 0.3 is 0 Å². The molecular formula is C21H25N3OS. The molecule has 4 nitrogen and oxygen atoms in total. The summed E-state index contributed by atoms with van der Waals surface area (Å²) >= 11 is 1.57. The predicted octanol–water partition coefficient (Wildman–Crippen LogP) is 5.11. The topological polar surface area (TPSA) is 38.1 Å². The van der Waals surface area contributed by atoms with E-state index < -0.39 is 0 Å². The summed E-state index contributed by atoms with van der Waals surface area (Å²) in [6, 6.07) is 10.8. The van der Waals surface area contributed by atoms with Crippen LogP contribution in [-0.4, -0.2) is 33.2 Å². The zero-order chi connectivity index (χ0) is 18.3. The average molecular weight is 368 g/mol. The second-order valence-corrected chi connectivity index (χ2v) is 8.25. The molecule has 1 fully saturated rings. The summed E-state index contributed by atoms with van der Waals surface area (Å²) in [5, 5.41) is 5.80. The highest BCUT2D eigenvalue weighted by molar-refractivity contribution is 7.20. The zero-order valence-corrected chi connectivity index (χ0v) is 16.5. The number of thiophene rings is 1. The summed E-state index contributed by atoms with van der Waals surface area (Å²) in [4.78, 5) is 17.1. The summed E-state index contributed by atoms with van der Waals surface area (Å²) in [7, 11) is 0. The van der Waals surface area contributed by atoms with E-state index in [0.29, 0.717) is 6.04 Å². The molecule has 0 radical (unpaired) electrons. The Morgan fingerprint density at radius 3 is 2.88 bits per heavy atom. The number of nitrogens with zero attached hydrogens (tertiary/aromatic N) is 3. The Labute approximate surface area is 158 Å². The van der Waals surface area contributed by atoms with Crippen LogP contribution in [0.1, 0.15) is 53.5 Å². The molecule has 136 valence electrons. The molecule has 1 aromatic carbocycles. The number of rotatable bonds is 3. The molecule has 1 saturated heterocycles. The number of carbonyl (C=O) groups is 1. The lowest BCUT2D eigenvalue weighted by molar-refractivity contribution is 0.0613. The highest BCUT2D eigenvalue weighted by Crippen LogP contribution is 2.32. The number of hydrogen-bond acceptors (Lipinski definition) is 3. The maximum Gasteiger partial charge on any atom is 0.264 e. The van der Waals surface area contributed by atoms with Crippen molar-refractivity contribution < 1.29 is 4.79 Å². The van der Waals surface area contributed by atoms with Crippen molar-refractivity contribution in [2.24, 2.45) is 0 Å². The molecule has 3 aromatic rings. The van der Waals surface area contributed by atoms with Gasteiger partial charge in [-0.05, 0) is 63.3 Å². The van der Waals surface area contributed by atoms with Crippen LogP contribution >= 0.6 is 11.3 Å². The molecule has 3 heterocycles. The number of piperidine rings is 1. The minimum atomic E-state index is 0.188. The summed E-state index contributed by atoms with van der Waals surface area (Å²) in [5.74, 6) is 0.188. The van der Waals surface area contributed by atoms with Crippen molar-refractivity contribution in [1.82, 2.24) is 14.7 Å². The lowest BCUT2D eigenvalue weighted by Crippen LogP contribution is -2.43.